The second-order valence-electron chi connectivity index (χ2n) is 5.04. The van der Waals surface area contributed by atoms with Gasteiger partial charge in [-0.15, -0.1) is 0 Å². The van der Waals surface area contributed by atoms with Crippen molar-refractivity contribution >= 4 is 11.4 Å². The molecule has 1 saturated carbocycles. The maximum atomic E-state index is 12.3. The SMILES string of the molecule is C=C(c1ccccc1)C1(c2ccccc2)CCC1=O. The average Bonchev–Trinajstić information content (AvgIpc) is 2.48. The number of rotatable bonds is 3. The van der Waals surface area contributed by atoms with Crippen molar-refractivity contribution in [1.29, 1.82) is 0 Å². The van der Waals surface area contributed by atoms with Crippen molar-refractivity contribution in [3.63, 3.8) is 0 Å². The molecule has 0 aromatic heterocycles. The number of Topliss-reactive ketones (excluding diaryl/α,β-unsaturated/α-hetero) is 1. The third-order valence-electron chi connectivity index (χ3n) is 4.11. The number of carbonyl (C=O) groups is 1. The Morgan fingerprint density at radius 1 is 0.947 bits per heavy atom. The molecule has 1 nitrogen and oxygen atoms in total. The second-order valence-corrected chi connectivity index (χ2v) is 5.04. The number of carbonyl (C=O) groups excluding carboxylic acids is 1. The lowest BCUT2D eigenvalue weighted by Gasteiger charge is -2.42. The van der Waals surface area contributed by atoms with Crippen molar-refractivity contribution in [2.75, 3.05) is 0 Å². The molecule has 1 aliphatic carbocycles. The van der Waals surface area contributed by atoms with E-state index < -0.39 is 5.41 Å². The predicted molar refractivity (Wildman–Crippen MR) is 77.8 cm³/mol. The highest BCUT2D eigenvalue weighted by molar-refractivity contribution is 6.07. The summed E-state index contributed by atoms with van der Waals surface area (Å²) in [6, 6.07) is 20.0. The summed E-state index contributed by atoms with van der Waals surface area (Å²) in [5, 5.41) is 0. The molecule has 0 radical (unpaired) electrons. The highest BCUT2D eigenvalue weighted by atomic mass is 16.1. The number of hydrogen-bond acceptors (Lipinski definition) is 1. The van der Waals surface area contributed by atoms with Crippen LogP contribution in [0.25, 0.3) is 5.57 Å². The summed E-state index contributed by atoms with van der Waals surface area (Å²) in [7, 11) is 0. The molecule has 2 aromatic rings. The zero-order chi connectivity index (χ0) is 13.3. The molecule has 0 saturated heterocycles. The summed E-state index contributed by atoms with van der Waals surface area (Å²) in [5.41, 5.74) is 2.55. The molecule has 19 heavy (non-hydrogen) atoms. The molecule has 0 heterocycles. The van der Waals surface area contributed by atoms with Crippen LogP contribution in [-0.2, 0) is 10.2 Å². The van der Waals surface area contributed by atoms with E-state index in [4.69, 9.17) is 0 Å². The van der Waals surface area contributed by atoms with E-state index in [0.717, 1.165) is 23.1 Å². The van der Waals surface area contributed by atoms with Gasteiger partial charge in [-0.05, 0) is 23.1 Å². The van der Waals surface area contributed by atoms with Crippen LogP contribution in [0.4, 0.5) is 0 Å². The van der Waals surface area contributed by atoms with Gasteiger partial charge < -0.3 is 0 Å². The van der Waals surface area contributed by atoms with Crippen LogP contribution in [0.3, 0.4) is 0 Å². The Kier molecular flexibility index (Phi) is 2.83. The first-order valence-corrected chi connectivity index (χ1v) is 6.59. The Hall–Kier alpha value is -2.15. The van der Waals surface area contributed by atoms with Crippen molar-refractivity contribution in [3.8, 4) is 0 Å². The molecule has 0 N–H and O–H groups in total. The maximum absolute atomic E-state index is 12.3. The highest BCUT2D eigenvalue weighted by Crippen LogP contribution is 2.49. The summed E-state index contributed by atoms with van der Waals surface area (Å²) in [6.07, 6.45) is 1.52. The molecule has 0 spiro atoms. The largest absolute Gasteiger partial charge is 0.298 e. The van der Waals surface area contributed by atoms with Crippen molar-refractivity contribution in [1.82, 2.24) is 0 Å². The van der Waals surface area contributed by atoms with E-state index in [1.165, 1.54) is 0 Å². The van der Waals surface area contributed by atoms with Gasteiger partial charge in [-0.2, -0.15) is 0 Å². The number of hydrogen-bond donors (Lipinski definition) is 0. The van der Waals surface area contributed by atoms with Gasteiger partial charge in [0, 0.05) is 6.42 Å². The van der Waals surface area contributed by atoms with E-state index in [1.807, 2.05) is 60.7 Å². The molecule has 2 aromatic carbocycles. The summed E-state index contributed by atoms with van der Waals surface area (Å²) in [5.74, 6) is 0.285. The Morgan fingerprint density at radius 2 is 1.53 bits per heavy atom. The van der Waals surface area contributed by atoms with E-state index >= 15 is 0 Å². The fourth-order valence-corrected chi connectivity index (χ4v) is 2.88. The standard InChI is InChI=1S/C18H16O/c1-14(15-8-4-2-5-9-15)18(13-12-17(18)19)16-10-6-3-7-11-16/h2-11H,1,12-13H2. The van der Waals surface area contributed by atoms with E-state index in [1.54, 1.807) is 0 Å². The first kappa shape index (κ1) is 11.9. The molecule has 0 aliphatic heterocycles. The monoisotopic (exact) mass is 248 g/mol. The van der Waals surface area contributed by atoms with Gasteiger partial charge >= 0.3 is 0 Å². The van der Waals surface area contributed by atoms with Crippen LogP contribution >= 0.6 is 0 Å². The van der Waals surface area contributed by atoms with Crippen molar-refractivity contribution in [2.24, 2.45) is 0 Å². The normalized spacial score (nSPS) is 21.8. The lowest BCUT2D eigenvalue weighted by atomic mass is 9.58. The van der Waals surface area contributed by atoms with Gasteiger partial charge in [0.2, 0.25) is 0 Å². The highest BCUT2D eigenvalue weighted by Gasteiger charge is 2.49. The lowest BCUT2D eigenvalue weighted by molar-refractivity contribution is -0.128. The fraction of sp³-hybridized carbons (Fsp3) is 0.167. The van der Waals surface area contributed by atoms with Crippen LogP contribution in [0.15, 0.2) is 67.2 Å². The molecule has 1 heteroatoms. The van der Waals surface area contributed by atoms with E-state index in [0.29, 0.717) is 6.42 Å². The minimum atomic E-state index is -0.497. The van der Waals surface area contributed by atoms with Crippen LogP contribution < -0.4 is 0 Å². The Labute approximate surface area is 113 Å². The van der Waals surface area contributed by atoms with Crippen LogP contribution in [0.1, 0.15) is 24.0 Å². The van der Waals surface area contributed by atoms with E-state index in [-0.39, 0.29) is 5.78 Å². The minimum absolute atomic E-state index is 0.285. The summed E-state index contributed by atoms with van der Waals surface area (Å²) in [6.45, 7) is 4.23. The molecule has 1 fully saturated rings. The molecule has 3 rings (SSSR count). The molecule has 1 unspecified atom stereocenters. The fourth-order valence-electron chi connectivity index (χ4n) is 2.88. The Bertz CT molecular complexity index is 613. The number of allylic oxidation sites excluding steroid dienone is 1. The van der Waals surface area contributed by atoms with Crippen LogP contribution in [0.5, 0.6) is 0 Å². The van der Waals surface area contributed by atoms with Crippen molar-refractivity contribution in [3.05, 3.63) is 78.4 Å². The molecule has 0 amide bonds. The van der Waals surface area contributed by atoms with Gasteiger partial charge in [-0.25, -0.2) is 0 Å². The second kappa shape index (κ2) is 4.51. The van der Waals surface area contributed by atoms with Gasteiger partial charge in [0.25, 0.3) is 0 Å². The van der Waals surface area contributed by atoms with Gasteiger partial charge in [0.05, 0.1) is 5.41 Å². The topological polar surface area (TPSA) is 17.1 Å². The van der Waals surface area contributed by atoms with Crippen LogP contribution in [-0.4, -0.2) is 5.78 Å². The average molecular weight is 248 g/mol. The van der Waals surface area contributed by atoms with Gasteiger partial charge in [0.1, 0.15) is 5.78 Å². The third kappa shape index (κ3) is 1.74. The van der Waals surface area contributed by atoms with Crippen LogP contribution in [0, 0.1) is 0 Å². The molecule has 0 bridgehead atoms. The quantitative estimate of drug-likeness (QED) is 0.802. The minimum Gasteiger partial charge on any atom is -0.298 e. The van der Waals surface area contributed by atoms with Gasteiger partial charge in [-0.3, -0.25) is 4.79 Å². The Morgan fingerprint density at radius 3 is 2.00 bits per heavy atom. The molecule has 1 atom stereocenters. The summed E-state index contributed by atoms with van der Waals surface area (Å²) >= 11 is 0. The lowest BCUT2D eigenvalue weighted by Crippen LogP contribution is -2.45. The van der Waals surface area contributed by atoms with Crippen molar-refractivity contribution < 1.29 is 4.79 Å². The first-order chi connectivity index (χ1) is 9.25. The zero-order valence-corrected chi connectivity index (χ0v) is 10.8. The van der Waals surface area contributed by atoms with Gasteiger partial charge in [0.15, 0.2) is 0 Å². The van der Waals surface area contributed by atoms with Crippen molar-refractivity contribution in [2.45, 2.75) is 18.3 Å². The Balaban J connectivity index is 2.08. The molecular weight excluding hydrogens is 232 g/mol. The summed E-state index contributed by atoms with van der Waals surface area (Å²) < 4.78 is 0. The smallest absolute Gasteiger partial charge is 0.147 e. The molecular formula is C18H16O. The molecule has 1 aliphatic rings. The molecule has 94 valence electrons. The van der Waals surface area contributed by atoms with E-state index in [9.17, 15) is 4.79 Å². The number of benzene rings is 2. The third-order valence-corrected chi connectivity index (χ3v) is 4.11. The maximum Gasteiger partial charge on any atom is 0.147 e. The van der Waals surface area contributed by atoms with Gasteiger partial charge in [-0.1, -0.05) is 67.2 Å². The predicted octanol–water partition coefficient (Wildman–Crippen LogP) is 4.00. The zero-order valence-electron chi connectivity index (χ0n) is 10.8. The van der Waals surface area contributed by atoms with Crippen LogP contribution in [0.2, 0.25) is 0 Å². The number of ketones is 1. The summed E-state index contributed by atoms with van der Waals surface area (Å²) in [4.78, 5) is 12.3. The van der Waals surface area contributed by atoms with E-state index in [2.05, 4.69) is 6.58 Å². The first-order valence-electron chi connectivity index (χ1n) is 6.59.